The van der Waals surface area contributed by atoms with Crippen molar-refractivity contribution in [2.45, 2.75) is 12.8 Å². The smallest absolute Gasteiger partial charge is 0.416 e. The van der Waals surface area contributed by atoms with Gasteiger partial charge in [0.05, 0.1) is 12.7 Å². The van der Waals surface area contributed by atoms with E-state index < -0.39 is 17.6 Å². The predicted molar refractivity (Wildman–Crippen MR) is 108 cm³/mol. The third kappa shape index (κ3) is 5.45. The first-order valence-electron chi connectivity index (χ1n) is 8.80. The fraction of sp³-hybridized carbons (Fsp3) is 0.136. The van der Waals surface area contributed by atoms with Crippen LogP contribution in [0.25, 0.3) is 0 Å². The Morgan fingerprint density at radius 1 is 1.00 bits per heavy atom. The summed E-state index contributed by atoms with van der Waals surface area (Å²) < 4.78 is 49.0. The molecule has 4 nitrogen and oxygen atoms in total. The van der Waals surface area contributed by atoms with Crippen LogP contribution in [0, 0.1) is 0 Å². The summed E-state index contributed by atoms with van der Waals surface area (Å²) in [5, 5.41) is 3.16. The lowest BCUT2D eigenvalue weighted by molar-refractivity contribution is -0.137. The molecule has 30 heavy (non-hydrogen) atoms. The molecule has 3 rings (SSSR count). The van der Waals surface area contributed by atoms with E-state index in [2.05, 4.69) is 5.32 Å². The summed E-state index contributed by atoms with van der Waals surface area (Å²) >= 11 is 5.85. The number of methoxy groups -OCH3 is 1. The van der Waals surface area contributed by atoms with E-state index in [9.17, 15) is 18.0 Å². The molecule has 1 amide bonds. The number of carbonyl (C=O) groups is 1. The Hall–Kier alpha value is -3.19. The lowest BCUT2D eigenvalue weighted by atomic mass is 10.1. The molecular weight excluding hydrogens is 419 g/mol. The number of hydrogen-bond donors (Lipinski definition) is 1. The van der Waals surface area contributed by atoms with Crippen molar-refractivity contribution in [2.24, 2.45) is 0 Å². The normalized spacial score (nSPS) is 11.1. The summed E-state index contributed by atoms with van der Waals surface area (Å²) in [7, 11) is 1.50. The number of hydrogen-bond acceptors (Lipinski definition) is 3. The van der Waals surface area contributed by atoms with E-state index >= 15 is 0 Å². The number of alkyl halides is 3. The highest BCUT2D eigenvalue weighted by atomic mass is 35.5. The third-order valence-corrected chi connectivity index (χ3v) is 4.47. The molecule has 0 aliphatic heterocycles. The summed E-state index contributed by atoms with van der Waals surface area (Å²) in [6.07, 6.45) is -4.43. The van der Waals surface area contributed by atoms with E-state index in [1.54, 1.807) is 42.5 Å². The summed E-state index contributed by atoms with van der Waals surface area (Å²) in [5.74, 6) is 0.668. The summed E-state index contributed by atoms with van der Waals surface area (Å²) in [4.78, 5) is 12.5. The van der Waals surface area contributed by atoms with E-state index in [4.69, 9.17) is 21.1 Å². The molecule has 0 aromatic heterocycles. The molecule has 8 heteroatoms. The lowest BCUT2D eigenvalue weighted by Crippen LogP contribution is -2.13. The van der Waals surface area contributed by atoms with Gasteiger partial charge in [0.25, 0.3) is 5.91 Å². The second-order valence-electron chi connectivity index (χ2n) is 6.30. The quantitative estimate of drug-likeness (QED) is 0.501. The summed E-state index contributed by atoms with van der Waals surface area (Å²) in [6.45, 7) is 0.145. The first-order chi connectivity index (χ1) is 14.3. The maximum atomic E-state index is 12.7. The minimum absolute atomic E-state index is 0.145. The highest BCUT2D eigenvalue weighted by molar-refractivity contribution is 6.30. The van der Waals surface area contributed by atoms with Crippen molar-refractivity contribution < 1.29 is 27.4 Å². The molecule has 156 valence electrons. The molecule has 0 radical (unpaired) electrons. The molecule has 3 aromatic rings. The summed E-state index contributed by atoms with van der Waals surface area (Å²) in [6, 6.07) is 15.9. The maximum absolute atomic E-state index is 12.7. The van der Waals surface area contributed by atoms with Crippen LogP contribution in [0.1, 0.15) is 21.5 Å². The number of carbonyl (C=O) groups excluding carboxylic acids is 1. The number of benzene rings is 3. The van der Waals surface area contributed by atoms with E-state index in [0.717, 1.165) is 12.1 Å². The number of ether oxygens (including phenoxy) is 2. The predicted octanol–water partition coefficient (Wildman–Crippen LogP) is 6.20. The lowest BCUT2D eigenvalue weighted by Gasteiger charge is -2.13. The van der Waals surface area contributed by atoms with Crippen molar-refractivity contribution in [1.82, 2.24) is 0 Å². The second kappa shape index (κ2) is 9.09. The van der Waals surface area contributed by atoms with Gasteiger partial charge in [-0.05, 0) is 66.7 Å². The number of anilines is 1. The Labute approximate surface area is 176 Å². The van der Waals surface area contributed by atoms with Crippen LogP contribution in [0.3, 0.4) is 0 Å². The zero-order valence-electron chi connectivity index (χ0n) is 15.8. The molecule has 1 N–H and O–H groups in total. The molecule has 0 unspecified atom stereocenters. The monoisotopic (exact) mass is 435 g/mol. The van der Waals surface area contributed by atoms with Crippen LogP contribution in [0.4, 0.5) is 18.9 Å². The fourth-order valence-corrected chi connectivity index (χ4v) is 2.80. The highest BCUT2D eigenvalue weighted by Gasteiger charge is 2.30. The molecule has 0 aliphatic rings. The van der Waals surface area contributed by atoms with Crippen molar-refractivity contribution in [3.8, 4) is 11.5 Å². The Bertz CT molecular complexity index is 1020. The van der Waals surface area contributed by atoms with Gasteiger partial charge in [0, 0.05) is 21.8 Å². The Morgan fingerprint density at radius 3 is 2.27 bits per heavy atom. The van der Waals surface area contributed by atoms with Gasteiger partial charge in [-0.15, -0.1) is 0 Å². The van der Waals surface area contributed by atoms with Crippen LogP contribution in [-0.2, 0) is 12.8 Å². The van der Waals surface area contributed by atoms with Gasteiger partial charge in [-0.3, -0.25) is 4.79 Å². The molecule has 0 bridgehead atoms. The van der Waals surface area contributed by atoms with Gasteiger partial charge in [0.15, 0.2) is 0 Å². The van der Waals surface area contributed by atoms with E-state index in [1.165, 1.54) is 19.2 Å². The van der Waals surface area contributed by atoms with Crippen LogP contribution in [-0.4, -0.2) is 13.0 Å². The standard InChI is InChI=1S/C22H17ClF3NO3/c1-29-20-11-2-14(12-15(20)13-30-19-9-5-17(23)6-10-19)21(28)27-18-7-3-16(4-8-18)22(24,25)26/h2-12H,13H2,1H3,(H,27,28). The molecule has 0 saturated carbocycles. The maximum Gasteiger partial charge on any atom is 0.416 e. The second-order valence-corrected chi connectivity index (χ2v) is 6.73. The molecule has 3 aromatic carbocycles. The van der Waals surface area contributed by atoms with Crippen LogP contribution in [0.5, 0.6) is 11.5 Å². The van der Waals surface area contributed by atoms with Crippen molar-refractivity contribution in [3.05, 3.63) is 88.4 Å². The van der Waals surface area contributed by atoms with Gasteiger partial charge < -0.3 is 14.8 Å². The van der Waals surface area contributed by atoms with Gasteiger partial charge >= 0.3 is 6.18 Å². The topological polar surface area (TPSA) is 47.6 Å². The van der Waals surface area contributed by atoms with Crippen LogP contribution in [0.2, 0.25) is 5.02 Å². The van der Waals surface area contributed by atoms with Crippen LogP contribution < -0.4 is 14.8 Å². The van der Waals surface area contributed by atoms with Crippen LogP contribution in [0.15, 0.2) is 66.7 Å². The largest absolute Gasteiger partial charge is 0.496 e. The van der Waals surface area contributed by atoms with E-state index in [-0.39, 0.29) is 12.3 Å². The first-order valence-corrected chi connectivity index (χ1v) is 9.18. The number of nitrogens with one attached hydrogen (secondary N) is 1. The number of rotatable bonds is 6. The average Bonchev–Trinajstić information content (AvgIpc) is 2.73. The minimum Gasteiger partial charge on any atom is -0.496 e. The third-order valence-electron chi connectivity index (χ3n) is 4.22. The fourth-order valence-electron chi connectivity index (χ4n) is 2.67. The van der Waals surface area contributed by atoms with Crippen LogP contribution >= 0.6 is 11.6 Å². The Morgan fingerprint density at radius 2 is 1.67 bits per heavy atom. The zero-order valence-corrected chi connectivity index (χ0v) is 16.6. The number of amides is 1. The Balaban J connectivity index is 1.72. The van der Waals surface area contributed by atoms with Crippen molar-refractivity contribution in [3.63, 3.8) is 0 Å². The van der Waals surface area contributed by atoms with Gasteiger partial charge in [0.1, 0.15) is 18.1 Å². The minimum atomic E-state index is -4.43. The van der Waals surface area contributed by atoms with E-state index in [1.807, 2.05) is 0 Å². The van der Waals surface area contributed by atoms with Crippen molar-refractivity contribution >= 4 is 23.2 Å². The molecule has 0 atom stereocenters. The van der Waals surface area contributed by atoms with E-state index in [0.29, 0.717) is 27.6 Å². The molecule has 0 heterocycles. The molecule has 0 spiro atoms. The number of halogens is 4. The Kier molecular flexibility index (Phi) is 6.52. The molecule has 0 saturated heterocycles. The van der Waals surface area contributed by atoms with Crippen molar-refractivity contribution in [1.29, 1.82) is 0 Å². The average molecular weight is 436 g/mol. The first kappa shape index (κ1) is 21.5. The SMILES string of the molecule is COc1ccc(C(=O)Nc2ccc(C(F)(F)F)cc2)cc1COc1ccc(Cl)cc1. The molecule has 0 fully saturated rings. The van der Waals surface area contributed by atoms with Crippen molar-refractivity contribution in [2.75, 3.05) is 12.4 Å². The molecular formula is C22H17ClF3NO3. The van der Waals surface area contributed by atoms with Gasteiger partial charge in [-0.2, -0.15) is 13.2 Å². The van der Waals surface area contributed by atoms with Gasteiger partial charge in [-0.1, -0.05) is 11.6 Å². The van der Waals surface area contributed by atoms with Gasteiger partial charge in [0.2, 0.25) is 0 Å². The highest BCUT2D eigenvalue weighted by Crippen LogP contribution is 2.30. The zero-order chi connectivity index (χ0) is 21.7. The van der Waals surface area contributed by atoms with Gasteiger partial charge in [-0.25, -0.2) is 0 Å². The molecule has 0 aliphatic carbocycles. The summed E-state index contributed by atoms with van der Waals surface area (Å²) in [5.41, 5.74) is 0.410.